The molecule has 116 valence electrons. The van der Waals surface area contributed by atoms with Gasteiger partial charge in [0.1, 0.15) is 0 Å². The third kappa shape index (κ3) is 3.28. The van der Waals surface area contributed by atoms with Crippen LogP contribution in [0.4, 0.5) is 0 Å². The largest absolute Gasteiger partial charge is 0.378 e. The van der Waals surface area contributed by atoms with E-state index in [1.165, 1.54) is 0 Å². The molecule has 0 saturated carbocycles. The smallest absolute Gasteiger partial charge is 0.0940 e. The normalized spacial score (nSPS) is 30.7. The maximum atomic E-state index is 6.37. The monoisotopic (exact) mass is 374 g/mol. The number of nitrogens with two attached hydrogens (primary N) is 1. The average Bonchev–Trinajstić information content (AvgIpc) is 2.91. The topological polar surface area (TPSA) is 56.5 Å². The summed E-state index contributed by atoms with van der Waals surface area (Å²) in [6.07, 6.45) is 2.89. The Morgan fingerprint density at radius 2 is 2.29 bits per heavy atom. The van der Waals surface area contributed by atoms with E-state index in [2.05, 4.69) is 21.4 Å². The van der Waals surface area contributed by atoms with E-state index in [9.17, 15) is 0 Å². The molecule has 3 atom stereocenters. The molecule has 1 aromatic rings. The van der Waals surface area contributed by atoms with Crippen molar-refractivity contribution in [3.8, 4) is 0 Å². The van der Waals surface area contributed by atoms with Gasteiger partial charge in [-0.05, 0) is 42.5 Å². The highest BCUT2D eigenvalue weighted by Gasteiger charge is 2.43. The molecular weight excluding hydrogens is 356 g/mol. The maximum absolute atomic E-state index is 6.37. The maximum Gasteiger partial charge on any atom is 0.0940 e. The molecule has 2 aliphatic rings. The zero-order valence-corrected chi connectivity index (χ0v) is 14.1. The Hall–Kier alpha value is -0.170. The van der Waals surface area contributed by atoms with Crippen LogP contribution in [0.25, 0.3) is 0 Å². The van der Waals surface area contributed by atoms with E-state index in [1.807, 2.05) is 18.2 Å². The van der Waals surface area contributed by atoms with Gasteiger partial charge in [0.05, 0.1) is 18.2 Å². The molecule has 2 heterocycles. The molecule has 3 unspecified atom stereocenters. The van der Waals surface area contributed by atoms with Gasteiger partial charge in [0.15, 0.2) is 0 Å². The predicted octanol–water partition coefficient (Wildman–Crippen LogP) is 3.19. The van der Waals surface area contributed by atoms with Gasteiger partial charge < -0.3 is 9.47 Å². The van der Waals surface area contributed by atoms with Gasteiger partial charge in [-0.1, -0.05) is 27.5 Å². The number of hydrogen-bond donors (Lipinski definition) is 2. The van der Waals surface area contributed by atoms with Gasteiger partial charge in [-0.15, -0.1) is 0 Å². The summed E-state index contributed by atoms with van der Waals surface area (Å²) in [5.74, 6) is 6.23. The molecule has 0 amide bonds. The van der Waals surface area contributed by atoms with Crippen molar-refractivity contribution in [1.29, 1.82) is 0 Å². The summed E-state index contributed by atoms with van der Waals surface area (Å²) in [6.45, 7) is 2.22. The quantitative estimate of drug-likeness (QED) is 0.629. The van der Waals surface area contributed by atoms with Crippen molar-refractivity contribution >= 4 is 27.5 Å². The van der Waals surface area contributed by atoms with Crippen LogP contribution in [0, 0.1) is 5.92 Å². The Labute approximate surface area is 138 Å². The number of benzene rings is 1. The first-order valence-electron chi connectivity index (χ1n) is 7.26. The predicted molar refractivity (Wildman–Crippen MR) is 86.1 cm³/mol. The number of hydrogen-bond acceptors (Lipinski definition) is 4. The van der Waals surface area contributed by atoms with Crippen LogP contribution in [0.15, 0.2) is 22.7 Å². The SMILES string of the molecule is NNC(c1cc(Br)ccc1Cl)C1CCOC2(CCOC2)C1. The van der Waals surface area contributed by atoms with Crippen LogP contribution in [0.5, 0.6) is 0 Å². The van der Waals surface area contributed by atoms with Crippen molar-refractivity contribution in [2.75, 3.05) is 19.8 Å². The van der Waals surface area contributed by atoms with Crippen LogP contribution in [-0.2, 0) is 9.47 Å². The molecule has 1 aromatic carbocycles. The van der Waals surface area contributed by atoms with Crippen molar-refractivity contribution < 1.29 is 9.47 Å². The average molecular weight is 376 g/mol. The molecule has 2 saturated heterocycles. The fourth-order valence-corrected chi connectivity index (χ4v) is 4.06. The number of rotatable bonds is 3. The Kier molecular flexibility index (Phi) is 4.88. The van der Waals surface area contributed by atoms with Gasteiger partial charge in [0, 0.05) is 29.1 Å². The van der Waals surface area contributed by atoms with Gasteiger partial charge in [0.25, 0.3) is 0 Å². The van der Waals surface area contributed by atoms with Crippen LogP contribution >= 0.6 is 27.5 Å². The zero-order chi connectivity index (χ0) is 14.9. The minimum atomic E-state index is -0.128. The minimum absolute atomic E-state index is 0.0244. The van der Waals surface area contributed by atoms with Gasteiger partial charge in [-0.25, -0.2) is 0 Å². The lowest BCUT2D eigenvalue weighted by molar-refractivity contribution is -0.103. The molecule has 2 fully saturated rings. The standard InChI is InChI=1S/C15H20BrClN2O2/c16-11-1-2-13(17)12(7-11)14(19-18)10-3-5-21-15(8-10)4-6-20-9-15/h1-2,7,10,14,19H,3-6,8-9,18H2. The summed E-state index contributed by atoms with van der Waals surface area (Å²) in [4.78, 5) is 0. The van der Waals surface area contributed by atoms with E-state index in [1.54, 1.807) is 0 Å². The van der Waals surface area contributed by atoms with E-state index in [-0.39, 0.29) is 11.6 Å². The van der Waals surface area contributed by atoms with E-state index in [0.717, 1.165) is 47.5 Å². The first-order valence-corrected chi connectivity index (χ1v) is 8.43. The summed E-state index contributed by atoms with van der Waals surface area (Å²) < 4.78 is 12.6. The molecule has 0 aromatic heterocycles. The number of hydrazine groups is 1. The number of nitrogens with one attached hydrogen (secondary N) is 1. The molecular formula is C15H20BrClN2O2. The lowest BCUT2D eigenvalue weighted by Gasteiger charge is -2.40. The first-order chi connectivity index (χ1) is 10.1. The molecule has 0 radical (unpaired) electrons. The van der Waals surface area contributed by atoms with Crippen LogP contribution in [0.3, 0.4) is 0 Å². The molecule has 0 bridgehead atoms. The Morgan fingerprint density at radius 1 is 1.43 bits per heavy atom. The number of halogens is 2. The van der Waals surface area contributed by atoms with Gasteiger partial charge in [-0.2, -0.15) is 0 Å². The molecule has 3 rings (SSSR count). The second-order valence-electron chi connectivity index (χ2n) is 5.90. The fourth-order valence-electron chi connectivity index (χ4n) is 3.45. The van der Waals surface area contributed by atoms with Crippen molar-refractivity contribution in [1.82, 2.24) is 5.43 Å². The van der Waals surface area contributed by atoms with E-state index >= 15 is 0 Å². The van der Waals surface area contributed by atoms with Crippen molar-refractivity contribution in [3.05, 3.63) is 33.3 Å². The van der Waals surface area contributed by atoms with Crippen LogP contribution in [0.2, 0.25) is 5.02 Å². The lowest BCUT2D eigenvalue weighted by atomic mass is 9.79. The summed E-state index contributed by atoms with van der Waals surface area (Å²) in [5, 5.41) is 0.740. The third-order valence-electron chi connectivity index (χ3n) is 4.54. The third-order valence-corrected chi connectivity index (χ3v) is 5.38. The number of ether oxygens (including phenoxy) is 2. The highest BCUT2D eigenvalue weighted by atomic mass is 79.9. The Morgan fingerprint density at radius 3 is 3.00 bits per heavy atom. The van der Waals surface area contributed by atoms with Crippen LogP contribution < -0.4 is 11.3 Å². The fraction of sp³-hybridized carbons (Fsp3) is 0.600. The molecule has 21 heavy (non-hydrogen) atoms. The van der Waals surface area contributed by atoms with Gasteiger partial charge in [0.2, 0.25) is 0 Å². The Bertz CT molecular complexity index is 508. The molecule has 3 N–H and O–H groups in total. The van der Waals surface area contributed by atoms with Crippen molar-refractivity contribution in [2.45, 2.75) is 30.9 Å². The highest BCUT2D eigenvalue weighted by molar-refractivity contribution is 9.10. The minimum Gasteiger partial charge on any atom is -0.378 e. The van der Waals surface area contributed by atoms with E-state index in [0.29, 0.717) is 12.5 Å². The Balaban J connectivity index is 1.84. The molecule has 4 nitrogen and oxygen atoms in total. The van der Waals surface area contributed by atoms with Crippen LogP contribution in [-0.4, -0.2) is 25.4 Å². The summed E-state index contributed by atoms with van der Waals surface area (Å²) in [6, 6.07) is 5.91. The molecule has 6 heteroatoms. The zero-order valence-electron chi connectivity index (χ0n) is 11.8. The van der Waals surface area contributed by atoms with E-state index < -0.39 is 0 Å². The molecule has 1 spiro atoms. The second-order valence-corrected chi connectivity index (χ2v) is 7.22. The molecule has 0 aliphatic carbocycles. The summed E-state index contributed by atoms with van der Waals surface area (Å²) in [7, 11) is 0. The van der Waals surface area contributed by atoms with Crippen LogP contribution in [0.1, 0.15) is 30.9 Å². The summed E-state index contributed by atoms with van der Waals surface area (Å²) >= 11 is 9.87. The first kappa shape index (κ1) is 15.7. The van der Waals surface area contributed by atoms with Gasteiger partial charge >= 0.3 is 0 Å². The highest BCUT2D eigenvalue weighted by Crippen LogP contribution is 2.42. The van der Waals surface area contributed by atoms with Crippen molar-refractivity contribution in [2.24, 2.45) is 11.8 Å². The summed E-state index contributed by atoms with van der Waals surface area (Å²) in [5.41, 5.74) is 3.87. The second kappa shape index (κ2) is 6.52. The van der Waals surface area contributed by atoms with E-state index in [4.69, 9.17) is 26.9 Å². The molecule has 2 aliphatic heterocycles. The van der Waals surface area contributed by atoms with Gasteiger partial charge in [-0.3, -0.25) is 11.3 Å². The lowest BCUT2D eigenvalue weighted by Crippen LogP contribution is -2.45. The van der Waals surface area contributed by atoms with Crippen molar-refractivity contribution in [3.63, 3.8) is 0 Å².